The third-order valence-corrected chi connectivity index (χ3v) is 5.34. The molecule has 1 saturated carbocycles. The highest BCUT2D eigenvalue weighted by molar-refractivity contribution is 5.75. The minimum absolute atomic E-state index is 0.0295. The smallest absolute Gasteiger partial charge is 0.309 e. The number of esters is 1. The zero-order valence-corrected chi connectivity index (χ0v) is 11.0. The van der Waals surface area contributed by atoms with Crippen molar-refractivity contribution in [2.75, 3.05) is 0 Å². The van der Waals surface area contributed by atoms with E-state index in [4.69, 9.17) is 4.74 Å². The second-order valence-corrected chi connectivity index (χ2v) is 6.30. The molecule has 2 aliphatic carbocycles. The van der Waals surface area contributed by atoms with E-state index in [0.717, 1.165) is 18.3 Å². The predicted octanol–water partition coefficient (Wildman–Crippen LogP) is 3.32. The Bertz CT molecular complexity index is 382. The fourth-order valence-corrected chi connectivity index (χ4v) is 4.13. The highest BCUT2D eigenvalue weighted by Crippen LogP contribution is 2.49. The van der Waals surface area contributed by atoms with Crippen LogP contribution in [0, 0.1) is 23.7 Å². The van der Waals surface area contributed by atoms with Crippen LogP contribution in [-0.2, 0) is 9.53 Å². The molecule has 0 aromatic carbocycles. The van der Waals surface area contributed by atoms with Crippen molar-refractivity contribution in [3.63, 3.8) is 0 Å². The van der Waals surface area contributed by atoms with Gasteiger partial charge in [0.1, 0.15) is 6.10 Å². The van der Waals surface area contributed by atoms with Gasteiger partial charge >= 0.3 is 5.97 Å². The Hall–Kier alpha value is -0.790. The van der Waals surface area contributed by atoms with E-state index < -0.39 is 0 Å². The molecule has 0 amide bonds. The Labute approximate surface area is 103 Å². The fourth-order valence-electron chi connectivity index (χ4n) is 4.13. The minimum atomic E-state index is 0.0295. The number of hydrogen-bond acceptors (Lipinski definition) is 2. The van der Waals surface area contributed by atoms with E-state index in [1.54, 1.807) is 5.57 Å². The molecule has 1 aliphatic heterocycles. The predicted molar refractivity (Wildman–Crippen MR) is 66.4 cm³/mol. The average Bonchev–Trinajstić information content (AvgIpc) is 2.71. The summed E-state index contributed by atoms with van der Waals surface area (Å²) in [4.78, 5) is 11.7. The number of ether oxygens (including phenoxy) is 1. The summed E-state index contributed by atoms with van der Waals surface area (Å²) in [6.07, 6.45) is 4.94. The van der Waals surface area contributed by atoms with Crippen LogP contribution in [0.5, 0.6) is 0 Å². The Morgan fingerprint density at radius 3 is 2.82 bits per heavy atom. The summed E-state index contributed by atoms with van der Waals surface area (Å²) in [7, 11) is 0. The number of carbonyl (C=O) groups excluding carboxylic acids is 1. The molecule has 0 bridgehead atoms. The Kier molecular flexibility index (Phi) is 2.57. The molecule has 0 aromatic heterocycles. The van der Waals surface area contributed by atoms with Crippen molar-refractivity contribution in [2.45, 2.75) is 52.6 Å². The van der Waals surface area contributed by atoms with Crippen molar-refractivity contribution in [3.8, 4) is 0 Å². The van der Waals surface area contributed by atoms with E-state index in [-0.39, 0.29) is 18.0 Å². The molecule has 1 heterocycles. The maximum Gasteiger partial charge on any atom is 0.309 e. The van der Waals surface area contributed by atoms with Gasteiger partial charge in [0.2, 0.25) is 0 Å². The topological polar surface area (TPSA) is 26.3 Å². The molecule has 94 valence electrons. The van der Waals surface area contributed by atoms with Gasteiger partial charge in [-0.15, -0.1) is 0 Å². The zero-order valence-electron chi connectivity index (χ0n) is 11.0. The van der Waals surface area contributed by atoms with Crippen LogP contribution in [0.4, 0.5) is 0 Å². The molecule has 3 aliphatic rings. The van der Waals surface area contributed by atoms with Gasteiger partial charge in [0, 0.05) is 12.3 Å². The van der Waals surface area contributed by atoms with E-state index in [0.29, 0.717) is 5.92 Å². The Balaban J connectivity index is 1.93. The van der Waals surface area contributed by atoms with Crippen LogP contribution in [-0.4, -0.2) is 12.1 Å². The van der Waals surface area contributed by atoms with Crippen LogP contribution in [0.1, 0.15) is 46.5 Å². The van der Waals surface area contributed by atoms with Gasteiger partial charge < -0.3 is 4.74 Å². The zero-order chi connectivity index (χ0) is 12.2. The highest BCUT2D eigenvalue weighted by Gasteiger charge is 2.46. The third kappa shape index (κ3) is 1.64. The van der Waals surface area contributed by atoms with E-state index in [9.17, 15) is 4.79 Å². The Morgan fingerprint density at radius 1 is 1.29 bits per heavy atom. The second-order valence-electron chi connectivity index (χ2n) is 6.30. The van der Waals surface area contributed by atoms with Gasteiger partial charge in [-0.2, -0.15) is 0 Å². The molecule has 0 radical (unpaired) electrons. The first-order valence-corrected chi connectivity index (χ1v) is 6.97. The number of allylic oxidation sites excluding steroid dienone is 1. The first-order chi connectivity index (χ1) is 8.08. The van der Waals surface area contributed by atoms with Gasteiger partial charge in [0.15, 0.2) is 0 Å². The molecule has 0 spiro atoms. The number of rotatable bonds is 0. The van der Waals surface area contributed by atoms with Gasteiger partial charge in [0.25, 0.3) is 0 Å². The summed E-state index contributed by atoms with van der Waals surface area (Å²) >= 11 is 0. The largest absolute Gasteiger partial charge is 0.461 e. The lowest BCUT2D eigenvalue weighted by atomic mass is 9.81. The molecule has 2 heteroatoms. The first kappa shape index (κ1) is 11.3. The maximum absolute atomic E-state index is 11.7. The molecule has 5 atom stereocenters. The molecule has 0 aromatic rings. The fraction of sp³-hybridized carbons (Fsp3) is 0.800. The van der Waals surface area contributed by atoms with Crippen molar-refractivity contribution in [1.82, 2.24) is 0 Å². The van der Waals surface area contributed by atoms with Crippen molar-refractivity contribution < 1.29 is 9.53 Å². The lowest BCUT2D eigenvalue weighted by Crippen LogP contribution is -2.21. The van der Waals surface area contributed by atoms with Crippen LogP contribution in [0.3, 0.4) is 0 Å². The second kappa shape index (κ2) is 3.86. The molecule has 17 heavy (non-hydrogen) atoms. The van der Waals surface area contributed by atoms with Gasteiger partial charge in [-0.1, -0.05) is 25.0 Å². The molecule has 2 fully saturated rings. The summed E-state index contributed by atoms with van der Waals surface area (Å²) in [5.41, 5.74) is 3.20. The molecule has 0 N–H and O–H groups in total. The van der Waals surface area contributed by atoms with Crippen LogP contribution in [0.2, 0.25) is 0 Å². The highest BCUT2D eigenvalue weighted by atomic mass is 16.6. The van der Waals surface area contributed by atoms with Crippen LogP contribution in [0.25, 0.3) is 0 Å². The molecule has 2 nitrogen and oxygen atoms in total. The summed E-state index contributed by atoms with van der Waals surface area (Å²) in [5.74, 6) is 2.12. The number of hydrogen-bond donors (Lipinski definition) is 0. The van der Waals surface area contributed by atoms with Gasteiger partial charge in [-0.25, -0.2) is 0 Å². The number of carbonyl (C=O) groups is 1. The lowest BCUT2D eigenvalue weighted by Gasteiger charge is -2.22. The number of fused-ring (bicyclic) bond motifs is 2. The van der Waals surface area contributed by atoms with E-state index in [2.05, 4.69) is 13.8 Å². The van der Waals surface area contributed by atoms with Gasteiger partial charge in [-0.3, -0.25) is 4.79 Å². The minimum Gasteiger partial charge on any atom is -0.461 e. The molecule has 1 saturated heterocycles. The summed E-state index contributed by atoms with van der Waals surface area (Å²) in [6, 6.07) is 0. The van der Waals surface area contributed by atoms with Gasteiger partial charge in [0.05, 0.1) is 5.92 Å². The molecule has 3 rings (SSSR count). The van der Waals surface area contributed by atoms with Crippen molar-refractivity contribution >= 4 is 5.97 Å². The van der Waals surface area contributed by atoms with E-state index in [1.165, 1.54) is 24.8 Å². The van der Waals surface area contributed by atoms with E-state index >= 15 is 0 Å². The molecular weight excluding hydrogens is 212 g/mol. The van der Waals surface area contributed by atoms with Crippen molar-refractivity contribution in [3.05, 3.63) is 11.1 Å². The first-order valence-electron chi connectivity index (χ1n) is 6.97. The summed E-state index contributed by atoms with van der Waals surface area (Å²) < 4.78 is 5.56. The van der Waals surface area contributed by atoms with Crippen molar-refractivity contribution in [2.24, 2.45) is 23.7 Å². The van der Waals surface area contributed by atoms with Gasteiger partial charge in [-0.05, 0) is 38.0 Å². The quantitative estimate of drug-likeness (QED) is 0.475. The van der Waals surface area contributed by atoms with Crippen molar-refractivity contribution in [1.29, 1.82) is 0 Å². The lowest BCUT2D eigenvalue weighted by molar-refractivity contribution is -0.143. The summed E-state index contributed by atoms with van der Waals surface area (Å²) in [6.45, 7) is 6.67. The van der Waals surface area contributed by atoms with E-state index in [1.807, 2.05) is 6.92 Å². The molecular formula is C15H22O2. The summed E-state index contributed by atoms with van der Waals surface area (Å²) in [5, 5.41) is 0. The SMILES string of the molecule is CC1=C2CC[C@@H](C)[C@@H]2C[C@H]2[C@H](C1)OC(=O)[C@@H]2C. The third-order valence-electron chi connectivity index (χ3n) is 5.34. The normalized spacial score (nSPS) is 45.4. The van der Waals surface area contributed by atoms with Crippen LogP contribution < -0.4 is 0 Å². The maximum atomic E-state index is 11.7. The standard InChI is InChI=1S/C15H22O2/c1-8-4-5-11-9(2)6-14-13(7-12(8)11)10(3)15(16)17-14/h8,10,12-14H,4-7H2,1-3H3/t8-,10-,12+,13-,14+/m1/s1. The Morgan fingerprint density at radius 2 is 2.06 bits per heavy atom. The molecule has 0 unspecified atom stereocenters. The van der Waals surface area contributed by atoms with Crippen LogP contribution >= 0.6 is 0 Å². The van der Waals surface area contributed by atoms with Crippen LogP contribution in [0.15, 0.2) is 11.1 Å². The average molecular weight is 234 g/mol. The monoisotopic (exact) mass is 234 g/mol.